The first-order chi connectivity index (χ1) is 18.4. The maximum Gasteiger partial charge on any atom is 0.253 e. The van der Waals surface area contributed by atoms with Gasteiger partial charge in [0.2, 0.25) is 0 Å². The standard InChI is InChI=1S/C31H42N4O3/c1-5-35(26-11-7-6-8-12-26)29-20-25(10-9-13-34-14-16-38-17-15-34)19-27(24(29)4)30(36)32-21-28-22(2)18-23(3)33-31(28)37/h18-20,26H,5-8,11-17,21H2,1-4H3,(H,32,36)(H,33,37). The molecule has 2 N–H and O–H groups in total. The maximum atomic E-state index is 13.5. The van der Waals surface area contributed by atoms with Crippen LogP contribution in [0.4, 0.5) is 5.69 Å². The average Bonchev–Trinajstić information content (AvgIpc) is 2.91. The Morgan fingerprint density at radius 1 is 1.13 bits per heavy atom. The normalized spacial score (nSPS) is 16.5. The molecule has 7 heteroatoms. The van der Waals surface area contributed by atoms with Crippen molar-refractivity contribution in [1.29, 1.82) is 0 Å². The lowest BCUT2D eigenvalue weighted by Gasteiger charge is -2.37. The van der Waals surface area contributed by atoms with E-state index in [1.807, 2.05) is 32.9 Å². The highest BCUT2D eigenvalue weighted by Gasteiger charge is 2.24. The predicted octanol–water partition coefficient (Wildman–Crippen LogP) is 4.07. The van der Waals surface area contributed by atoms with Crippen LogP contribution in [0.1, 0.15) is 77.3 Å². The quantitative estimate of drug-likeness (QED) is 0.541. The zero-order valence-electron chi connectivity index (χ0n) is 23.4. The molecule has 1 aliphatic heterocycles. The third kappa shape index (κ3) is 6.86. The van der Waals surface area contributed by atoms with Crippen molar-refractivity contribution in [3.8, 4) is 11.8 Å². The van der Waals surface area contributed by atoms with Crippen molar-refractivity contribution in [1.82, 2.24) is 15.2 Å². The van der Waals surface area contributed by atoms with Gasteiger partial charge in [-0.1, -0.05) is 31.1 Å². The minimum Gasteiger partial charge on any atom is -0.379 e. The molecule has 0 spiro atoms. The molecule has 1 aromatic carbocycles. The van der Waals surface area contributed by atoms with E-state index in [0.29, 0.717) is 23.7 Å². The second kappa shape index (κ2) is 13.1. The molecule has 2 heterocycles. The Kier molecular flexibility index (Phi) is 9.65. The van der Waals surface area contributed by atoms with E-state index in [1.165, 1.54) is 32.1 Å². The van der Waals surface area contributed by atoms with Gasteiger partial charge < -0.3 is 19.9 Å². The molecule has 2 aliphatic rings. The van der Waals surface area contributed by atoms with Gasteiger partial charge in [-0.15, -0.1) is 0 Å². The molecule has 1 saturated heterocycles. The molecule has 1 aliphatic carbocycles. The number of aromatic nitrogens is 1. The highest BCUT2D eigenvalue weighted by molar-refractivity contribution is 5.97. The SMILES string of the molecule is CCN(c1cc(C#CCN2CCOCC2)cc(C(=O)NCc2c(C)cc(C)[nH]c2=O)c1C)C1CCCCC1. The number of amides is 1. The van der Waals surface area contributed by atoms with Gasteiger partial charge in [-0.3, -0.25) is 14.5 Å². The van der Waals surface area contributed by atoms with Crippen molar-refractivity contribution in [2.45, 2.75) is 72.4 Å². The molecular weight excluding hydrogens is 476 g/mol. The lowest BCUT2D eigenvalue weighted by atomic mass is 9.92. The van der Waals surface area contributed by atoms with Crippen LogP contribution in [-0.2, 0) is 11.3 Å². The van der Waals surface area contributed by atoms with E-state index in [0.717, 1.165) is 60.9 Å². The van der Waals surface area contributed by atoms with Crippen LogP contribution in [0.2, 0.25) is 0 Å². The summed E-state index contributed by atoms with van der Waals surface area (Å²) in [5.74, 6) is 6.48. The van der Waals surface area contributed by atoms with Gasteiger partial charge in [0.05, 0.1) is 19.8 Å². The molecule has 4 rings (SSSR count). The molecule has 0 unspecified atom stereocenters. The number of H-pyrrole nitrogens is 1. The summed E-state index contributed by atoms with van der Waals surface area (Å²) in [7, 11) is 0. The average molecular weight is 519 g/mol. The topological polar surface area (TPSA) is 77.7 Å². The number of carbonyl (C=O) groups is 1. The van der Waals surface area contributed by atoms with Crippen molar-refractivity contribution in [3.63, 3.8) is 0 Å². The first-order valence-corrected chi connectivity index (χ1v) is 14.0. The highest BCUT2D eigenvalue weighted by atomic mass is 16.5. The van der Waals surface area contributed by atoms with Crippen LogP contribution in [0, 0.1) is 32.6 Å². The zero-order valence-corrected chi connectivity index (χ0v) is 23.4. The number of anilines is 1. The number of aromatic amines is 1. The summed E-state index contributed by atoms with van der Waals surface area (Å²) in [6.07, 6.45) is 6.15. The van der Waals surface area contributed by atoms with Crippen LogP contribution >= 0.6 is 0 Å². The van der Waals surface area contributed by atoms with Gasteiger partial charge in [-0.2, -0.15) is 0 Å². The summed E-state index contributed by atoms with van der Waals surface area (Å²) in [6.45, 7) is 13.0. The lowest BCUT2D eigenvalue weighted by molar-refractivity contribution is 0.0443. The van der Waals surface area contributed by atoms with E-state index in [2.05, 4.69) is 44.9 Å². The third-order valence-corrected chi connectivity index (χ3v) is 7.85. The smallest absolute Gasteiger partial charge is 0.253 e. The summed E-state index contributed by atoms with van der Waals surface area (Å²) >= 11 is 0. The van der Waals surface area contributed by atoms with Crippen molar-refractivity contribution < 1.29 is 9.53 Å². The van der Waals surface area contributed by atoms with E-state index in [4.69, 9.17) is 4.74 Å². The predicted molar refractivity (Wildman–Crippen MR) is 153 cm³/mol. The minimum absolute atomic E-state index is 0.155. The Morgan fingerprint density at radius 2 is 1.87 bits per heavy atom. The van der Waals surface area contributed by atoms with Crippen LogP contribution in [0.3, 0.4) is 0 Å². The zero-order chi connectivity index (χ0) is 27.1. The molecule has 7 nitrogen and oxygen atoms in total. The van der Waals surface area contributed by atoms with Crippen LogP contribution in [0.15, 0.2) is 23.0 Å². The number of aryl methyl sites for hydroxylation is 2. The molecule has 38 heavy (non-hydrogen) atoms. The first-order valence-electron chi connectivity index (χ1n) is 14.0. The van der Waals surface area contributed by atoms with Gasteiger partial charge in [0.1, 0.15) is 0 Å². The van der Waals surface area contributed by atoms with E-state index in [1.54, 1.807) is 0 Å². The lowest BCUT2D eigenvalue weighted by Crippen LogP contribution is -2.37. The fourth-order valence-electron chi connectivity index (χ4n) is 5.70. The Labute approximate surface area is 227 Å². The molecule has 0 radical (unpaired) electrons. The summed E-state index contributed by atoms with van der Waals surface area (Å²) in [5.41, 5.74) is 5.64. The first kappa shape index (κ1) is 27.9. The molecule has 1 amide bonds. The van der Waals surface area contributed by atoms with Crippen molar-refractivity contribution >= 4 is 11.6 Å². The van der Waals surface area contributed by atoms with E-state index in [9.17, 15) is 9.59 Å². The van der Waals surface area contributed by atoms with Crippen LogP contribution in [-0.4, -0.2) is 61.2 Å². The Balaban J connectivity index is 1.63. The number of nitrogens with zero attached hydrogens (tertiary/aromatic N) is 2. The number of pyridine rings is 1. The van der Waals surface area contributed by atoms with Gasteiger partial charge in [0.25, 0.3) is 11.5 Å². The van der Waals surface area contributed by atoms with Crippen LogP contribution in [0.5, 0.6) is 0 Å². The molecule has 1 saturated carbocycles. The summed E-state index contributed by atoms with van der Waals surface area (Å²) in [6, 6.07) is 6.47. The molecule has 204 valence electrons. The molecule has 2 aromatic rings. The van der Waals surface area contributed by atoms with E-state index in [-0.39, 0.29) is 18.0 Å². The molecule has 0 bridgehead atoms. The summed E-state index contributed by atoms with van der Waals surface area (Å²) in [5, 5.41) is 3.01. The second-order valence-corrected chi connectivity index (χ2v) is 10.6. The fourth-order valence-corrected chi connectivity index (χ4v) is 5.70. The summed E-state index contributed by atoms with van der Waals surface area (Å²) in [4.78, 5) is 33.6. The van der Waals surface area contributed by atoms with E-state index >= 15 is 0 Å². The molecule has 2 fully saturated rings. The number of nitrogens with one attached hydrogen (secondary N) is 2. The molecule has 0 atom stereocenters. The second-order valence-electron chi connectivity index (χ2n) is 10.6. The Bertz CT molecular complexity index is 1240. The fraction of sp³-hybridized carbons (Fsp3) is 0.548. The number of morpholine rings is 1. The monoisotopic (exact) mass is 518 g/mol. The number of hydrogen-bond acceptors (Lipinski definition) is 5. The van der Waals surface area contributed by atoms with Crippen molar-refractivity contribution in [2.24, 2.45) is 0 Å². The van der Waals surface area contributed by atoms with Gasteiger partial charge in [-0.25, -0.2) is 0 Å². The Hall–Kier alpha value is -3.08. The third-order valence-electron chi connectivity index (χ3n) is 7.85. The highest BCUT2D eigenvalue weighted by Crippen LogP contribution is 2.32. The maximum absolute atomic E-state index is 13.5. The Morgan fingerprint density at radius 3 is 2.55 bits per heavy atom. The van der Waals surface area contributed by atoms with E-state index < -0.39 is 0 Å². The number of benzene rings is 1. The van der Waals surface area contributed by atoms with Gasteiger partial charge in [0, 0.05) is 60.3 Å². The number of ether oxygens (including phenoxy) is 1. The largest absolute Gasteiger partial charge is 0.379 e. The van der Waals surface area contributed by atoms with Crippen LogP contribution < -0.4 is 15.8 Å². The number of hydrogen-bond donors (Lipinski definition) is 2. The van der Waals surface area contributed by atoms with Gasteiger partial charge in [0.15, 0.2) is 0 Å². The molecule has 1 aromatic heterocycles. The van der Waals surface area contributed by atoms with Gasteiger partial charge in [-0.05, 0) is 69.9 Å². The van der Waals surface area contributed by atoms with Crippen LogP contribution in [0.25, 0.3) is 0 Å². The van der Waals surface area contributed by atoms with Crippen molar-refractivity contribution in [3.05, 3.63) is 62.1 Å². The minimum atomic E-state index is -0.181. The van der Waals surface area contributed by atoms with Gasteiger partial charge >= 0.3 is 0 Å². The molecular formula is C31H42N4O3. The summed E-state index contributed by atoms with van der Waals surface area (Å²) < 4.78 is 5.45. The van der Waals surface area contributed by atoms with Crippen molar-refractivity contribution in [2.75, 3.05) is 44.3 Å². The number of rotatable bonds is 7. The number of carbonyl (C=O) groups excluding carboxylic acids is 1.